The van der Waals surface area contributed by atoms with Gasteiger partial charge in [0.1, 0.15) is 0 Å². The van der Waals surface area contributed by atoms with Gasteiger partial charge < -0.3 is 19.7 Å². The summed E-state index contributed by atoms with van der Waals surface area (Å²) in [4.78, 5) is 14.3. The highest BCUT2D eigenvalue weighted by atomic mass is 16.5. The zero-order valence-electron chi connectivity index (χ0n) is 12.1. The Morgan fingerprint density at radius 1 is 1.58 bits per heavy atom. The standard InChI is InChI=1S/C14H26N2O3/c1-4-6-15-13-11-19-10-12(13)14(17)16(7-5-2)8-9-18-3/h5,12-13,15H,2,4,6-11H2,1,3H3. The number of rotatable bonds is 9. The van der Waals surface area contributed by atoms with Gasteiger partial charge in [-0.25, -0.2) is 0 Å². The van der Waals surface area contributed by atoms with E-state index in [1.54, 1.807) is 18.1 Å². The van der Waals surface area contributed by atoms with E-state index in [1.807, 2.05) is 0 Å². The normalized spacial score (nSPS) is 22.4. The minimum Gasteiger partial charge on any atom is -0.383 e. The first-order valence-corrected chi connectivity index (χ1v) is 6.94. The molecule has 1 N–H and O–H groups in total. The van der Waals surface area contributed by atoms with Crippen molar-refractivity contribution >= 4 is 5.91 Å². The Hall–Kier alpha value is -0.910. The zero-order chi connectivity index (χ0) is 14.1. The van der Waals surface area contributed by atoms with Crippen LogP contribution in [0.3, 0.4) is 0 Å². The fourth-order valence-corrected chi connectivity index (χ4v) is 2.21. The second kappa shape index (κ2) is 9.07. The summed E-state index contributed by atoms with van der Waals surface area (Å²) in [7, 11) is 1.64. The number of hydrogen-bond donors (Lipinski definition) is 1. The van der Waals surface area contributed by atoms with Crippen molar-refractivity contribution in [2.75, 3.05) is 46.6 Å². The molecular formula is C14H26N2O3. The fraction of sp³-hybridized carbons (Fsp3) is 0.786. The molecule has 110 valence electrons. The quantitative estimate of drug-likeness (QED) is 0.625. The van der Waals surface area contributed by atoms with Gasteiger partial charge in [0.25, 0.3) is 0 Å². The van der Waals surface area contributed by atoms with Gasteiger partial charge >= 0.3 is 0 Å². The number of carbonyl (C=O) groups is 1. The number of carbonyl (C=O) groups excluding carboxylic acids is 1. The fourth-order valence-electron chi connectivity index (χ4n) is 2.21. The van der Waals surface area contributed by atoms with E-state index in [-0.39, 0.29) is 17.9 Å². The lowest BCUT2D eigenvalue weighted by Crippen LogP contribution is -2.46. The summed E-state index contributed by atoms with van der Waals surface area (Å²) in [5, 5.41) is 3.39. The van der Waals surface area contributed by atoms with Gasteiger partial charge in [-0.2, -0.15) is 0 Å². The van der Waals surface area contributed by atoms with E-state index >= 15 is 0 Å². The van der Waals surface area contributed by atoms with E-state index in [0.717, 1.165) is 13.0 Å². The predicted octanol–water partition coefficient (Wildman–Crippen LogP) is 0.662. The minimum absolute atomic E-state index is 0.0941. The molecule has 5 nitrogen and oxygen atoms in total. The third-order valence-electron chi connectivity index (χ3n) is 3.28. The van der Waals surface area contributed by atoms with Gasteiger partial charge in [-0.3, -0.25) is 4.79 Å². The maximum Gasteiger partial charge on any atom is 0.230 e. The summed E-state index contributed by atoms with van der Waals surface area (Å²) in [5.74, 6) is 0.0337. The smallest absolute Gasteiger partial charge is 0.230 e. The second-order valence-electron chi connectivity index (χ2n) is 4.77. The molecule has 19 heavy (non-hydrogen) atoms. The lowest BCUT2D eigenvalue weighted by atomic mass is 10.0. The van der Waals surface area contributed by atoms with Gasteiger partial charge in [-0.15, -0.1) is 6.58 Å². The predicted molar refractivity (Wildman–Crippen MR) is 75.0 cm³/mol. The van der Waals surface area contributed by atoms with E-state index < -0.39 is 0 Å². The molecule has 0 aromatic rings. The van der Waals surface area contributed by atoms with Gasteiger partial charge in [0.05, 0.1) is 25.7 Å². The maximum absolute atomic E-state index is 12.5. The van der Waals surface area contributed by atoms with E-state index in [4.69, 9.17) is 9.47 Å². The van der Waals surface area contributed by atoms with Crippen LogP contribution in [0.2, 0.25) is 0 Å². The molecule has 0 saturated carbocycles. The monoisotopic (exact) mass is 270 g/mol. The van der Waals surface area contributed by atoms with Crippen LogP contribution in [0.15, 0.2) is 12.7 Å². The number of ether oxygens (including phenoxy) is 2. The van der Waals surface area contributed by atoms with Gasteiger partial charge in [0.2, 0.25) is 5.91 Å². The molecule has 0 aliphatic carbocycles. The average Bonchev–Trinajstić information content (AvgIpc) is 2.88. The van der Waals surface area contributed by atoms with Gasteiger partial charge in [0.15, 0.2) is 0 Å². The van der Waals surface area contributed by atoms with Crippen molar-refractivity contribution in [2.24, 2.45) is 5.92 Å². The first-order chi connectivity index (χ1) is 9.24. The molecule has 1 fully saturated rings. The zero-order valence-corrected chi connectivity index (χ0v) is 12.1. The molecule has 0 spiro atoms. The molecule has 2 unspecified atom stereocenters. The van der Waals surface area contributed by atoms with Crippen LogP contribution < -0.4 is 5.32 Å². The van der Waals surface area contributed by atoms with Crippen molar-refractivity contribution in [2.45, 2.75) is 19.4 Å². The Bertz CT molecular complexity index is 284. The van der Waals surface area contributed by atoms with Gasteiger partial charge in [-0.05, 0) is 13.0 Å². The summed E-state index contributed by atoms with van der Waals surface area (Å²) in [5.41, 5.74) is 0. The molecular weight excluding hydrogens is 244 g/mol. The first-order valence-electron chi connectivity index (χ1n) is 6.94. The Morgan fingerprint density at radius 2 is 2.37 bits per heavy atom. The van der Waals surface area contributed by atoms with Crippen molar-refractivity contribution in [1.82, 2.24) is 10.2 Å². The topological polar surface area (TPSA) is 50.8 Å². The molecule has 1 saturated heterocycles. The SMILES string of the molecule is C=CCN(CCOC)C(=O)C1COCC1NCCC. The van der Waals surface area contributed by atoms with Crippen LogP contribution in [-0.2, 0) is 14.3 Å². The molecule has 1 aliphatic heterocycles. The highest BCUT2D eigenvalue weighted by Crippen LogP contribution is 2.17. The van der Waals surface area contributed by atoms with Crippen molar-refractivity contribution in [1.29, 1.82) is 0 Å². The Morgan fingerprint density at radius 3 is 3.00 bits per heavy atom. The van der Waals surface area contributed by atoms with E-state index in [9.17, 15) is 4.79 Å². The molecule has 0 bridgehead atoms. The number of methoxy groups -OCH3 is 1. The molecule has 1 heterocycles. The van der Waals surface area contributed by atoms with Crippen LogP contribution in [0.25, 0.3) is 0 Å². The van der Waals surface area contributed by atoms with Crippen LogP contribution in [-0.4, -0.2) is 63.4 Å². The van der Waals surface area contributed by atoms with Crippen LogP contribution in [0.1, 0.15) is 13.3 Å². The summed E-state index contributed by atoms with van der Waals surface area (Å²) < 4.78 is 10.5. The molecule has 0 radical (unpaired) electrons. The van der Waals surface area contributed by atoms with Crippen molar-refractivity contribution < 1.29 is 14.3 Å². The van der Waals surface area contributed by atoms with E-state index in [1.165, 1.54) is 0 Å². The summed E-state index contributed by atoms with van der Waals surface area (Å²) in [6.45, 7) is 9.54. The Labute approximate surface area is 115 Å². The number of nitrogens with one attached hydrogen (secondary N) is 1. The summed E-state index contributed by atoms with van der Waals surface area (Å²) in [6.07, 6.45) is 2.80. The Kier molecular flexibility index (Phi) is 7.70. The Balaban J connectivity index is 2.57. The van der Waals surface area contributed by atoms with Crippen LogP contribution >= 0.6 is 0 Å². The summed E-state index contributed by atoms with van der Waals surface area (Å²) in [6, 6.07) is 0.127. The van der Waals surface area contributed by atoms with Crippen LogP contribution in [0.4, 0.5) is 0 Å². The van der Waals surface area contributed by atoms with Crippen LogP contribution in [0, 0.1) is 5.92 Å². The third kappa shape index (κ3) is 4.93. The van der Waals surface area contributed by atoms with Crippen molar-refractivity contribution in [3.63, 3.8) is 0 Å². The minimum atomic E-state index is -0.0941. The lowest BCUT2D eigenvalue weighted by molar-refractivity contribution is -0.136. The number of nitrogens with zero attached hydrogens (tertiary/aromatic N) is 1. The second-order valence-corrected chi connectivity index (χ2v) is 4.77. The average molecular weight is 270 g/mol. The maximum atomic E-state index is 12.5. The largest absolute Gasteiger partial charge is 0.383 e. The number of amides is 1. The molecule has 5 heteroatoms. The van der Waals surface area contributed by atoms with Crippen molar-refractivity contribution in [3.8, 4) is 0 Å². The highest BCUT2D eigenvalue weighted by Gasteiger charge is 2.35. The molecule has 2 atom stereocenters. The molecule has 0 aromatic carbocycles. The van der Waals surface area contributed by atoms with Gasteiger partial charge in [-0.1, -0.05) is 13.0 Å². The molecule has 1 rings (SSSR count). The summed E-state index contributed by atoms with van der Waals surface area (Å²) >= 11 is 0. The lowest BCUT2D eigenvalue weighted by Gasteiger charge is -2.26. The van der Waals surface area contributed by atoms with Gasteiger partial charge in [0, 0.05) is 26.2 Å². The van der Waals surface area contributed by atoms with E-state index in [0.29, 0.717) is 32.9 Å². The van der Waals surface area contributed by atoms with Crippen LogP contribution in [0.5, 0.6) is 0 Å². The molecule has 1 amide bonds. The molecule has 0 aromatic heterocycles. The van der Waals surface area contributed by atoms with E-state index in [2.05, 4.69) is 18.8 Å². The highest BCUT2D eigenvalue weighted by molar-refractivity contribution is 5.80. The first kappa shape index (κ1) is 16.1. The number of hydrogen-bond acceptors (Lipinski definition) is 4. The molecule has 1 aliphatic rings. The third-order valence-corrected chi connectivity index (χ3v) is 3.28. The van der Waals surface area contributed by atoms with Crippen molar-refractivity contribution in [3.05, 3.63) is 12.7 Å².